The summed E-state index contributed by atoms with van der Waals surface area (Å²) in [5.74, 6) is 0.00415. The van der Waals surface area contributed by atoms with Gasteiger partial charge < -0.3 is 20.3 Å². The number of ether oxygens (including phenoxy) is 1. The number of nitrogens with one attached hydrogen (secondary N) is 1. The number of carbonyl (C=O) groups excluding carboxylic acids is 2. The van der Waals surface area contributed by atoms with Gasteiger partial charge in [0.15, 0.2) is 0 Å². The monoisotopic (exact) mass is 1340 g/mol. The third-order valence-corrected chi connectivity index (χ3v) is 21.3. The third kappa shape index (κ3) is 81.5. The van der Waals surface area contributed by atoms with Crippen molar-refractivity contribution in [2.45, 2.75) is 533 Å². The molecule has 1 amide bonds. The molecule has 0 aliphatic carbocycles. The van der Waals surface area contributed by atoms with Gasteiger partial charge in [0, 0.05) is 12.8 Å². The van der Waals surface area contributed by atoms with E-state index in [1.54, 1.807) is 0 Å². The summed E-state index contributed by atoms with van der Waals surface area (Å²) in [6.07, 6.45) is 109. The third-order valence-electron chi connectivity index (χ3n) is 21.3. The van der Waals surface area contributed by atoms with Crippen molar-refractivity contribution in [2.75, 3.05) is 13.2 Å². The molecule has 2 unspecified atom stereocenters. The second-order valence-corrected chi connectivity index (χ2v) is 30.9. The molecule has 0 aliphatic heterocycles. The average molecular weight is 1340 g/mol. The summed E-state index contributed by atoms with van der Waals surface area (Å²) in [5.41, 5.74) is 0. The first-order chi connectivity index (χ1) is 47.0. The summed E-state index contributed by atoms with van der Waals surface area (Å²) >= 11 is 0. The lowest BCUT2D eigenvalue weighted by atomic mass is 10.0. The molecule has 0 fully saturated rings. The van der Waals surface area contributed by atoms with Gasteiger partial charge in [0.05, 0.1) is 25.4 Å². The van der Waals surface area contributed by atoms with Crippen LogP contribution in [0.15, 0.2) is 12.2 Å². The molecule has 0 aromatic carbocycles. The van der Waals surface area contributed by atoms with E-state index in [0.717, 1.165) is 38.5 Å². The number of unbranched alkanes of at least 4 members (excludes halogenated alkanes) is 72. The van der Waals surface area contributed by atoms with Crippen LogP contribution in [0.25, 0.3) is 0 Å². The van der Waals surface area contributed by atoms with Crippen LogP contribution in [0, 0.1) is 0 Å². The maximum atomic E-state index is 12.6. The summed E-state index contributed by atoms with van der Waals surface area (Å²) in [7, 11) is 0. The minimum absolute atomic E-state index is 0.0247. The van der Waals surface area contributed by atoms with Crippen molar-refractivity contribution in [3.8, 4) is 0 Å². The van der Waals surface area contributed by atoms with Gasteiger partial charge >= 0.3 is 5.97 Å². The fourth-order valence-corrected chi connectivity index (χ4v) is 14.6. The largest absolute Gasteiger partial charge is 0.466 e. The summed E-state index contributed by atoms with van der Waals surface area (Å²) in [6.45, 7) is 5.03. The van der Waals surface area contributed by atoms with E-state index in [1.807, 2.05) is 0 Å². The lowest BCUT2D eigenvalue weighted by Crippen LogP contribution is -2.45. The topological polar surface area (TPSA) is 95.9 Å². The van der Waals surface area contributed by atoms with Crippen LogP contribution in [0.5, 0.6) is 0 Å². The Morgan fingerprint density at radius 2 is 0.495 bits per heavy atom. The van der Waals surface area contributed by atoms with E-state index >= 15 is 0 Å². The van der Waals surface area contributed by atoms with Crippen LogP contribution in [0.1, 0.15) is 521 Å². The smallest absolute Gasteiger partial charge is 0.305 e. The number of hydrogen-bond acceptors (Lipinski definition) is 5. The first-order valence-corrected chi connectivity index (χ1v) is 44.4. The zero-order valence-electron chi connectivity index (χ0n) is 65.2. The van der Waals surface area contributed by atoms with Crippen molar-refractivity contribution >= 4 is 11.9 Å². The van der Waals surface area contributed by atoms with E-state index in [-0.39, 0.29) is 18.5 Å². The van der Waals surface area contributed by atoms with Crippen molar-refractivity contribution in [3.63, 3.8) is 0 Å². The Hall–Kier alpha value is -1.40. The molecule has 0 rings (SSSR count). The molecular weight excluding hydrogens is 1160 g/mol. The Bertz CT molecular complexity index is 1450. The van der Waals surface area contributed by atoms with Crippen LogP contribution in [-0.2, 0) is 14.3 Å². The van der Waals surface area contributed by atoms with Gasteiger partial charge in [-0.15, -0.1) is 0 Å². The van der Waals surface area contributed by atoms with E-state index in [2.05, 4.69) is 31.3 Å². The molecule has 3 N–H and O–H groups in total. The standard InChI is InChI=1S/C89H175NO5/c1-3-5-7-9-11-13-15-17-19-21-23-46-49-53-57-61-65-69-73-77-81-87(92)86(85-91)90-88(93)82-78-74-70-66-62-58-54-50-47-43-41-39-37-35-33-31-29-27-25-24-26-28-30-32-34-36-38-40-42-44-48-52-56-60-64-68-72-76-80-84-95-89(94)83-79-75-71-67-63-59-55-51-45-22-20-18-16-14-12-10-8-6-4-2/h24-25,86-87,91-92H,3-23,26-85H2,1-2H3,(H,90,93)/b25-24-. The molecule has 0 saturated carbocycles. The molecule has 0 spiro atoms. The number of rotatable bonds is 85. The van der Waals surface area contributed by atoms with E-state index in [0.29, 0.717) is 25.9 Å². The molecule has 0 saturated heterocycles. The summed E-state index contributed by atoms with van der Waals surface area (Å²) in [5, 5.41) is 23.5. The molecule has 0 aliphatic rings. The molecule has 6 nitrogen and oxygen atoms in total. The van der Waals surface area contributed by atoms with Crippen molar-refractivity contribution in [1.82, 2.24) is 5.32 Å². The van der Waals surface area contributed by atoms with E-state index in [9.17, 15) is 19.8 Å². The molecule has 0 bridgehead atoms. The first-order valence-electron chi connectivity index (χ1n) is 44.4. The molecule has 0 heterocycles. The number of amides is 1. The van der Waals surface area contributed by atoms with Crippen LogP contribution in [0.3, 0.4) is 0 Å². The van der Waals surface area contributed by atoms with Crippen molar-refractivity contribution in [1.29, 1.82) is 0 Å². The van der Waals surface area contributed by atoms with Gasteiger partial charge in [-0.2, -0.15) is 0 Å². The fourth-order valence-electron chi connectivity index (χ4n) is 14.6. The molecule has 0 aromatic rings. The second-order valence-electron chi connectivity index (χ2n) is 30.9. The van der Waals surface area contributed by atoms with E-state index in [4.69, 9.17) is 4.74 Å². The van der Waals surface area contributed by atoms with Crippen LogP contribution in [-0.4, -0.2) is 47.4 Å². The van der Waals surface area contributed by atoms with Crippen molar-refractivity contribution < 1.29 is 24.5 Å². The second kappa shape index (κ2) is 85.0. The quantitative estimate of drug-likeness (QED) is 0.0320. The normalized spacial score (nSPS) is 12.4. The Balaban J connectivity index is 3.30. The van der Waals surface area contributed by atoms with Gasteiger partial charge in [0.1, 0.15) is 0 Å². The highest BCUT2D eigenvalue weighted by atomic mass is 16.5. The van der Waals surface area contributed by atoms with Crippen LogP contribution in [0.4, 0.5) is 0 Å². The molecule has 6 heteroatoms. The number of aliphatic hydroxyl groups excluding tert-OH is 2. The summed E-state index contributed by atoms with van der Waals surface area (Å²) < 4.78 is 5.53. The molecular formula is C89H175NO5. The molecule has 566 valence electrons. The lowest BCUT2D eigenvalue weighted by molar-refractivity contribution is -0.143. The number of allylic oxidation sites excluding steroid dienone is 2. The maximum Gasteiger partial charge on any atom is 0.305 e. The number of esters is 1. The minimum atomic E-state index is -0.662. The van der Waals surface area contributed by atoms with Gasteiger partial charge in [-0.1, -0.05) is 469 Å². The number of aliphatic hydroxyl groups is 2. The van der Waals surface area contributed by atoms with Crippen molar-refractivity contribution in [3.05, 3.63) is 12.2 Å². The van der Waals surface area contributed by atoms with Gasteiger partial charge in [-0.3, -0.25) is 9.59 Å². The predicted octanol–water partition coefficient (Wildman–Crippen LogP) is 29.8. The molecule has 95 heavy (non-hydrogen) atoms. The molecule has 0 radical (unpaired) electrons. The summed E-state index contributed by atoms with van der Waals surface area (Å²) in [6, 6.07) is -0.539. The highest BCUT2D eigenvalue weighted by Crippen LogP contribution is 2.21. The number of carbonyl (C=O) groups is 2. The van der Waals surface area contributed by atoms with Gasteiger partial charge in [0.25, 0.3) is 0 Å². The van der Waals surface area contributed by atoms with E-state index in [1.165, 1.54) is 449 Å². The Morgan fingerprint density at radius 3 is 0.747 bits per heavy atom. The highest BCUT2D eigenvalue weighted by Gasteiger charge is 2.20. The van der Waals surface area contributed by atoms with Gasteiger partial charge in [0.2, 0.25) is 5.91 Å². The van der Waals surface area contributed by atoms with Gasteiger partial charge in [-0.05, 0) is 51.4 Å². The van der Waals surface area contributed by atoms with Crippen molar-refractivity contribution in [2.24, 2.45) is 0 Å². The Morgan fingerprint density at radius 1 is 0.284 bits per heavy atom. The Kier molecular flexibility index (Phi) is 83.8. The maximum absolute atomic E-state index is 12.6. The Labute approximate surface area is 597 Å². The summed E-state index contributed by atoms with van der Waals surface area (Å²) in [4.78, 5) is 24.7. The minimum Gasteiger partial charge on any atom is -0.466 e. The average Bonchev–Trinajstić information content (AvgIpc) is 2.90. The van der Waals surface area contributed by atoms with Gasteiger partial charge in [-0.25, -0.2) is 0 Å². The fraction of sp³-hybridized carbons (Fsp3) is 0.955. The van der Waals surface area contributed by atoms with Crippen LogP contribution < -0.4 is 5.32 Å². The first kappa shape index (κ1) is 93.6. The number of hydrogen-bond donors (Lipinski definition) is 3. The van der Waals surface area contributed by atoms with E-state index < -0.39 is 12.1 Å². The zero-order valence-corrected chi connectivity index (χ0v) is 65.2. The lowest BCUT2D eigenvalue weighted by Gasteiger charge is -2.22. The molecule has 2 atom stereocenters. The predicted molar refractivity (Wildman–Crippen MR) is 421 cm³/mol. The van der Waals surface area contributed by atoms with Crippen LogP contribution in [0.2, 0.25) is 0 Å². The molecule has 0 aromatic heterocycles. The van der Waals surface area contributed by atoms with Crippen LogP contribution >= 0.6 is 0 Å². The highest BCUT2D eigenvalue weighted by molar-refractivity contribution is 5.76. The SMILES string of the molecule is CCCCCCCCCCCCCCCCCCCCCCC(O)C(CO)NC(=O)CCCCCCCCCCCCCCCCCCC/C=C\CCCCCCCCCCCCCCCCCCCCOC(=O)CCCCCCCCCCCCCCCCCCCCC. The zero-order chi connectivity index (χ0) is 68.4.